The molecular weight excluding hydrogens is 1590 g/mol. The van der Waals surface area contributed by atoms with Crippen molar-refractivity contribution >= 4 is 92.7 Å². The summed E-state index contributed by atoms with van der Waals surface area (Å²) >= 11 is 0. The van der Waals surface area contributed by atoms with Crippen molar-refractivity contribution in [3.05, 3.63) is 371 Å². The summed E-state index contributed by atoms with van der Waals surface area (Å²) in [6.07, 6.45) is 25.2. The molecular formula is C108H90N8O3Zn2. The molecule has 8 aromatic carbocycles. The molecule has 13 heteroatoms. The zero-order valence-electron chi connectivity index (χ0n) is 69.1. The van der Waals surface area contributed by atoms with E-state index in [0.717, 1.165) is 209 Å². The molecule has 14 aromatic rings. The molecule has 121 heavy (non-hydrogen) atoms. The van der Waals surface area contributed by atoms with Gasteiger partial charge in [-0.15, -0.1) is 63.9 Å². The molecule has 6 aromatic heterocycles. The Labute approximate surface area is 732 Å². The molecule has 0 amide bonds. The van der Waals surface area contributed by atoms with Gasteiger partial charge in [-0.25, -0.2) is 19.9 Å². The molecule has 0 spiro atoms. The van der Waals surface area contributed by atoms with Crippen LogP contribution in [0.3, 0.4) is 0 Å². The predicted molar refractivity (Wildman–Crippen MR) is 495 cm³/mol. The van der Waals surface area contributed by atoms with Crippen molar-refractivity contribution < 1.29 is 54.3 Å². The molecule has 584 valence electrons. The summed E-state index contributed by atoms with van der Waals surface area (Å²) < 4.78 is 0. The third kappa shape index (κ3) is 16.5. The zero-order chi connectivity index (χ0) is 82.1. The Balaban J connectivity index is 0.000000185. The molecule has 0 saturated heterocycles. The van der Waals surface area contributed by atoms with Gasteiger partial charge in [0, 0.05) is 5.41 Å². The minimum absolute atomic E-state index is 0. The van der Waals surface area contributed by atoms with E-state index in [1.165, 1.54) is 27.8 Å². The van der Waals surface area contributed by atoms with Crippen molar-refractivity contribution in [3.63, 3.8) is 0 Å². The van der Waals surface area contributed by atoms with Gasteiger partial charge in [-0.3, -0.25) is 0 Å². The van der Waals surface area contributed by atoms with E-state index >= 15 is 0 Å². The molecule has 3 N–H and O–H groups in total. The van der Waals surface area contributed by atoms with Crippen LogP contribution in [0.2, 0.25) is 0 Å². The smallest absolute Gasteiger partial charge is 0.657 e. The predicted octanol–water partition coefficient (Wildman–Crippen LogP) is 24.2. The van der Waals surface area contributed by atoms with Crippen LogP contribution in [0.1, 0.15) is 109 Å². The third-order valence-corrected chi connectivity index (χ3v) is 23.3. The quantitative estimate of drug-likeness (QED) is 0.0520. The monoisotopic (exact) mass is 1670 g/mol. The number of aryl methyl sites for hydroxylation is 6. The summed E-state index contributed by atoms with van der Waals surface area (Å²) in [5, 5.41) is 30.6. The fourth-order valence-corrected chi connectivity index (χ4v) is 16.7. The van der Waals surface area contributed by atoms with Gasteiger partial charge in [0.25, 0.3) is 0 Å². The SMILES string of the molecule is C=CCC(CC=C)(CC=C)c1ccc(-c2c3nc(c(-c4ccc(C)cc4)c4ccc([n-]4)c(-c4ccc(C)cc4)c4nc(c(-c5ccc(C)cc5)c5ccc2[n-]5)C=C4)C=C3)cc1.Cc1ccc(-c2c3nc(c(-c4ccc(C)cc4)c4ccc([n-]4)c(-c4ccc(C(CO)(CO)CO)cc4)c4nc(c(-c5ccc(C)cc5)c5ccc2[n-]5)C=C4)C=C3)cc1.[Zn+2].[Zn+2]. The summed E-state index contributed by atoms with van der Waals surface area (Å²) in [7, 11) is 0. The molecule has 4 aliphatic rings. The van der Waals surface area contributed by atoms with Crippen LogP contribution < -0.4 is 19.9 Å². The number of hydrogen-bond donors (Lipinski definition) is 3. The molecule has 0 unspecified atom stereocenters. The van der Waals surface area contributed by atoms with Crippen molar-refractivity contribution in [1.82, 2.24) is 39.9 Å². The normalized spacial score (nSPS) is 12.0. The molecule has 0 aliphatic carbocycles. The van der Waals surface area contributed by atoms with E-state index in [4.69, 9.17) is 39.9 Å². The number of rotatable bonds is 19. The van der Waals surface area contributed by atoms with Gasteiger partial charge in [0.2, 0.25) is 0 Å². The van der Waals surface area contributed by atoms with E-state index in [1.54, 1.807) is 0 Å². The molecule has 0 saturated carbocycles. The first kappa shape index (κ1) is 83.4. The van der Waals surface area contributed by atoms with Crippen molar-refractivity contribution in [2.75, 3.05) is 19.8 Å². The average Bonchev–Trinajstić information content (AvgIpc) is 1.62. The Hall–Kier alpha value is -12.7. The summed E-state index contributed by atoms with van der Waals surface area (Å²) in [4.78, 5) is 43.2. The van der Waals surface area contributed by atoms with Crippen molar-refractivity contribution in [3.8, 4) is 89.0 Å². The first-order valence-electron chi connectivity index (χ1n) is 40.5. The maximum Gasteiger partial charge on any atom is 2.00 e. The Kier molecular flexibility index (Phi) is 24.6. The third-order valence-electron chi connectivity index (χ3n) is 23.3. The van der Waals surface area contributed by atoms with Crippen LogP contribution in [0.5, 0.6) is 0 Å². The van der Waals surface area contributed by atoms with Crippen LogP contribution in [0.15, 0.2) is 281 Å². The Morgan fingerprint density at radius 2 is 0.380 bits per heavy atom. The van der Waals surface area contributed by atoms with Crippen LogP contribution in [0.4, 0.5) is 0 Å². The van der Waals surface area contributed by atoms with Crippen molar-refractivity contribution in [1.29, 1.82) is 0 Å². The molecule has 10 heterocycles. The second-order valence-corrected chi connectivity index (χ2v) is 31.6. The number of aromatic nitrogens is 8. The van der Waals surface area contributed by atoms with E-state index in [9.17, 15) is 15.3 Å². The van der Waals surface area contributed by atoms with Crippen LogP contribution >= 0.6 is 0 Å². The number of nitrogens with zero attached hydrogens (tertiary/aromatic N) is 8. The van der Waals surface area contributed by atoms with E-state index in [0.29, 0.717) is 5.56 Å². The molecule has 0 atom stereocenters. The number of allylic oxidation sites excluding steroid dienone is 3. The molecule has 18 rings (SSSR count). The Bertz CT molecular complexity index is 6650. The molecule has 11 nitrogen and oxygen atoms in total. The number of benzene rings is 8. The van der Waals surface area contributed by atoms with Gasteiger partial charge in [-0.05, 0) is 210 Å². The molecule has 0 radical (unpaired) electrons. The maximum absolute atomic E-state index is 10.2. The van der Waals surface area contributed by atoms with Gasteiger partial charge in [-0.1, -0.05) is 294 Å². The van der Waals surface area contributed by atoms with Gasteiger partial charge < -0.3 is 35.3 Å². The number of aliphatic hydroxyl groups is 3. The second kappa shape index (κ2) is 35.7. The van der Waals surface area contributed by atoms with E-state index in [1.807, 2.05) is 66.8 Å². The fraction of sp³-hybridized carbons (Fsp3) is 0.130. The van der Waals surface area contributed by atoms with E-state index in [2.05, 4.69) is 304 Å². The number of aliphatic hydroxyl groups excluding tert-OH is 3. The van der Waals surface area contributed by atoms with E-state index in [-0.39, 0.29) is 44.4 Å². The number of hydrogen-bond acceptors (Lipinski definition) is 7. The summed E-state index contributed by atoms with van der Waals surface area (Å²) in [6.45, 7) is 23.7. The molecule has 16 bridgehead atoms. The second-order valence-electron chi connectivity index (χ2n) is 31.6. The average molecular weight is 1680 g/mol. The fourth-order valence-electron chi connectivity index (χ4n) is 16.7. The zero-order valence-corrected chi connectivity index (χ0v) is 75.1. The van der Waals surface area contributed by atoms with E-state index < -0.39 is 25.2 Å². The van der Waals surface area contributed by atoms with Crippen LogP contribution in [0.25, 0.3) is 182 Å². The Morgan fingerprint density at radius 1 is 0.231 bits per heavy atom. The summed E-state index contributed by atoms with van der Waals surface area (Å²) in [5.74, 6) is 0. The van der Waals surface area contributed by atoms with Crippen LogP contribution in [-0.2, 0) is 49.8 Å². The minimum atomic E-state index is -1.18. The number of fused-ring (bicyclic) bond motifs is 16. The van der Waals surface area contributed by atoms with Crippen LogP contribution in [0, 0.1) is 41.5 Å². The van der Waals surface area contributed by atoms with Crippen LogP contribution in [-0.4, -0.2) is 55.1 Å². The van der Waals surface area contributed by atoms with Gasteiger partial charge in [-0.2, -0.15) is 0 Å². The maximum atomic E-state index is 10.2. The van der Waals surface area contributed by atoms with Gasteiger partial charge >= 0.3 is 39.0 Å². The molecule has 0 fully saturated rings. The summed E-state index contributed by atoms with van der Waals surface area (Å²) in [6, 6.07) is 84.5. The largest absolute Gasteiger partial charge is 2.00 e. The standard InChI is InChI=1S/C57H48N4.C51H42N4O3.2Zn/c1-7-34-57(35-8-2,36-9-3)44-24-22-43(23-25-44)56-51-32-30-49(60-51)54(41-18-12-38(5)13-19-41)47-28-26-45(58-47)53(40-16-10-37(4)11-17-40)46-27-29-48(59-46)55(50-31-33-52(56)61-50)42-20-14-39(6)15-21-42;1-31-4-10-34(11-5-31)47-39-20-22-41(52-39)48(35-12-6-32(2)7-13-35)43-24-26-45(54-43)50(37-16-18-38(19-17-37)51(28-56,29-57)30-58)46-27-25-44(55-46)49(42-23-21-40(47)53-42)36-14-8-33(3)9-15-36;;/h7-33H,1-3,34-36H2,4-6H3;4-27,56-58H,28-30H2,1-3H3;;/q2*-2;2*+2. The molecule has 4 aliphatic heterocycles. The van der Waals surface area contributed by atoms with Gasteiger partial charge in [0.05, 0.1) is 70.8 Å². The summed E-state index contributed by atoms with van der Waals surface area (Å²) in [5.41, 5.74) is 36.0. The van der Waals surface area contributed by atoms with Gasteiger partial charge in [0.1, 0.15) is 0 Å². The van der Waals surface area contributed by atoms with Crippen molar-refractivity contribution in [2.45, 2.75) is 71.6 Å². The topological polar surface area (TPSA) is 169 Å². The van der Waals surface area contributed by atoms with Crippen molar-refractivity contribution in [2.24, 2.45) is 0 Å². The Morgan fingerprint density at radius 3 is 0.529 bits per heavy atom. The minimum Gasteiger partial charge on any atom is -0.657 e. The van der Waals surface area contributed by atoms with Gasteiger partial charge in [0.15, 0.2) is 0 Å². The first-order chi connectivity index (χ1) is 58.0. The first-order valence-corrected chi connectivity index (χ1v) is 40.5.